The first-order valence-corrected chi connectivity index (χ1v) is 10.3. The molecule has 1 aliphatic rings. The molecule has 0 spiro atoms. The van der Waals surface area contributed by atoms with E-state index in [9.17, 15) is 4.79 Å². The minimum absolute atomic E-state index is 0.00954. The predicted molar refractivity (Wildman–Crippen MR) is 116 cm³/mol. The van der Waals surface area contributed by atoms with E-state index in [0.717, 1.165) is 66.8 Å². The highest BCUT2D eigenvalue weighted by Gasteiger charge is 2.17. The average Bonchev–Trinajstić information content (AvgIpc) is 2.92. The molecule has 0 radical (unpaired) electrons. The molecule has 2 aromatic heterocycles. The zero-order chi connectivity index (χ0) is 19.6. The van der Waals surface area contributed by atoms with Crippen LogP contribution in [-0.2, 0) is 25.8 Å². The van der Waals surface area contributed by atoms with E-state index in [1.165, 1.54) is 11.1 Å². The van der Waals surface area contributed by atoms with Gasteiger partial charge in [-0.1, -0.05) is 30.3 Å². The van der Waals surface area contributed by atoms with Crippen LogP contribution in [-0.4, -0.2) is 11.1 Å². The van der Waals surface area contributed by atoms with Crippen LogP contribution >= 0.6 is 0 Å². The maximum absolute atomic E-state index is 12.8. The molecule has 0 unspecified atom stereocenters. The van der Waals surface area contributed by atoms with E-state index < -0.39 is 0 Å². The lowest BCUT2D eigenvalue weighted by Gasteiger charge is -2.08. The van der Waals surface area contributed by atoms with E-state index >= 15 is 0 Å². The van der Waals surface area contributed by atoms with Crippen molar-refractivity contribution in [1.82, 2.24) is 9.88 Å². The number of furan rings is 1. The van der Waals surface area contributed by atoms with Crippen molar-refractivity contribution < 1.29 is 4.42 Å². The van der Waals surface area contributed by atoms with Gasteiger partial charge in [0.25, 0.3) is 5.56 Å². The Bertz CT molecular complexity index is 1200. The fourth-order valence-electron chi connectivity index (χ4n) is 4.14. The first-order valence-electron chi connectivity index (χ1n) is 10.3. The molecule has 4 nitrogen and oxygen atoms in total. The van der Waals surface area contributed by atoms with Gasteiger partial charge in [-0.3, -0.25) is 9.36 Å². The number of hydrogen-bond donors (Lipinski definition) is 1. The Kier molecular flexibility index (Phi) is 4.78. The van der Waals surface area contributed by atoms with Gasteiger partial charge < -0.3 is 9.73 Å². The van der Waals surface area contributed by atoms with Gasteiger partial charge in [0.05, 0.1) is 5.69 Å². The molecule has 4 heteroatoms. The van der Waals surface area contributed by atoms with Crippen LogP contribution in [0.3, 0.4) is 0 Å². The van der Waals surface area contributed by atoms with Crippen molar-refractivity contribution in [2.24, 2.45) is 0 Å². The van der Waals surface area contributed by atoms with Crippen LogP contribution in [0.1, 0.15) is 28.9 Å². The van der Waals surface area contributed by atoms with E-state index in [2.05, 4.69) is 23.5 Å². The highest BCUT2D eigenvalue weighted by atomic mass is 16.3. The normalized spacial score (nSPS) is 13.9. The van der Waals surface area contributed by atoms with Gasteiger partial charge in [0.1, 0.15) is 11.3 Å². The summed E-state index contributed by atoms with van der Waals surface area (Å²) >= 11 is 0. The number of fused-ring (bicyclic) bond motifs is 3. The zero-order valence-electron chi connectivity index (χ0n) is 16.4. The minimum Gasteiger partial charge on any atom is -0.461 e. The number of pyridine rings is 1. The summed E-state index contributed by atoms with van der Waals surface area (Å²) in [5.41, 5.74) is 5.30. The molecule has 4 aromatic rings. The third-order valence-electron chi connectivity index (χ3n) is 5.73. The van der Waals surface area contributed by atoms with Gasteiger partial charge in [0.2, 0.25) is 0 Å². The maximum Gasteiger partial charge on any atom is 0.255 e. The highest BCUT2D eigenvalue weighted by Crippen LogP contribution is 2.29. The van der Waals surface area contributed by atoms with Crippen molar-refractivity contribution in [1.29, 1.82) is 0 Å². The van der Waals surface area contributed by atoms with Crippen LogP contribution in [0.4, 0.5) is 0 Å². The molecular formula is C25H24N2O2. The van der Waals surface area contributed by atoms with E-state index in [1.54, 1.807) is 10.6 Å². The summed E-state index contributed by atoms with van der Waals surface area (Å²) in [5, 5.41) is 4.60. The fraction of sp³-hybridized carbons (Fsp3) is 0.240. The second-order valence-electron chi connectivity index (χ2n) is 7.69. The lowest BCUT2D eigenvalue weighted by molar-refractivity contribution is 0.541. The molecule has 3 heterocycles. The van der Waals surface area contributed by atoms with Crippen LogP contribution in [0.15, 0.2) is 76.1 Å². The molecule has 2 aromatic carbocycles. The largest absolute Gasteiger partial charge is 0.461 e. The first kappa shape index (κ1) is 18.0. The molecular weight excluding hydrogens is 360 g/mol. The number of aryl methyl sites for hydroxylation is 3. The summed E-state index contributed by atoms with van der Waals surface area (Å²) in [6.45, 7) is 1.87. The van der Waals surface area contributed by atoms with Gasteiger partial charge in [0, 0.05) is 42.2 Å². The minimum atomic E-state index is -0.00954. The lowest BCUT2D eigenvalue weighted by Crippen LogP contribution is -2.17. The maximum atomic E-state index is 12.8. The van der Waals surface area contributed by atoms with E-state index in [4.69, 9.17) is 4.42 Å². The van der Waals surface area contributed by atoms with Gasteiger partial charge in [0.15, 0.2) is 0 Å². The molecule has 1 aliphatic heterocycles. The van der Waals surface area contributed by atoms with Crippen molar-refractivity contribution in [3.63, 3.8) is 0 Å². The summed E-state index contributed by atoms with van der Waals surface area (Å²) in [5.74, 6) is 1.07. The molecule has 0 fully saturated rings. The van der Waals surface area contributed by atoms with Gasteiger partial charge in [-0.15, -0.1) is 0 Å². The number of nitrogens with zero attached hydrogens (tertiary/aromatic N) is 1. The molecule has 29 heavy (non-hydrogen) atoms. The molecule has 0 saturated heterocycles. The van der Waals surface area contributed by atoms with Crippen molar-refractivity contribution >= 4 is 11.0 Å². The number of aromatic nitrogens is 1. The molecule has 146 valence electrons. The molecule has 5 rings (SSSR count). The summed E-state index contributed by atoms with van der Waals surface area (Å²) < 4.78 is 7.82. The van der Waals surface area contributed by atoms with Crippen molar-refractivity contribution in [2.75, 3.05) is 6.54 Å². The van der Waals surface area contributed by atoms with Crippen LogP contribution in [0.5, 0.6) is 0 Å². The monoisotopic (exact) mass is 384 g/mol. The second-order valence-corrected chi connectivity index (χ2v) is 7.69. The number of nitrogens with one attached hydrogen (secondary N) is 1. The molecule has 0 bridgehead atoms. The van der Waals surface area contributed by atoms with Gasteiger partial charge >= 0.3 is 0 Å². The van der Waals surface area contributed by atoms with Crippen LogP contribution in [0, 0.1) is 0 Å². The van der Waals surface area contributed by atoms with Gasteiger partial charge in [-0.25, -0.2) is 0 Å². The van der Waals surface area contributed by atoms with Crippen molar-refractivity contribution in [3.8, 4) is 5.69 Å². The van der Waals surface area contributed by atoms with Crippen molar-refractivity contribution in [3.05, 3.63) is 99.7 Å². The summed E-state index contributed by atoms with van der Waals surface area (Å²) in [7, 11) is 0. The van der Waals surface area contributed by atoms with E-state index in [0.29, 0.717) is 0 Å². The average molecular weight is 384 g/mol. The topological polar surface area (TPSA) is 47.2 Å². The number of rotatable bonds is 4. The molecule has 0 aliphatic carbocycles. The number of benzene rings is 2. The lowest BCUT2D eigenvalue weighted by atomic mass is 10.1. The van der Waals surface area contributed by atoms with Gasteiger partial charge in [-0.2, -0.15) is 0 Å². The standard InChI is InChI=1S/C25H24N2O2/c28-25-15-19(9-8-18-5-2-1-3-6-18)12-14-27(25)20-10-11-21-22-17-26-13-4-7-23(22)29-24(21)16-20/h1-3,5-6,10-12,14-16,26H,4,7-9,13,17H2. The molecule has 0 amide bonds. The molecule has 1 N–H and O–H groups in total. The van der Waals surface area contributed by atoms with Crippen molar-refractivity contribution in [2.45, 2.75) is 32.2 Å². The summed E-state index contributed by atoms with van der Waals surface area (Å²) in [6.07, 6.45) is 5.71. The molecule has 0 atom stereocenters. The highest BCUT2D eigenvalue weighted by molar-refractivity contribution is 5.84. The van der Waals surface area contributed by atoms with E-state index in [-0.39, 0.29) is 5.56 Å². The third-order valence-corrected chi connectivity index (χ3v) is 5.73. The first-order chi connectivity index (χ1) is 14.3. The Balaban J connectivity index is 1.41. The summed E-state index contributed by atoms with van der Waals surface area (Å²) in [6, 6.07) is 20.2. The third kappa shape index (κ3) is 3.64. The fourth-order valence-corrected chi connectivity index (χ4v) is 4.14. The summed E-state index contributed by atoms with van der Waals surface area (Å²) in [4.78, 5) is 12.8. The molecule has 0 saturated carbocycles. The SMILES string of the molecule is O=c1cc(CCc2ccccc2)ccn1-c1ccc2c3c(oc2c1)CCCNC3. The smallest absolute Gasteiger partial charge is 0.255 e. The Labute approximate surface area is 169 Å². The van der Waals surface area contributed by atoms with E-state index in [1.807, 2.05) is 42.6 Å². The number of hydrogen-bond acceptors (Lipinski definition) is 3. The van der Waals surface area contributed by atoms with Crippen LogP contribution < -0.4 is 10.9 Å². The predicted octanol–water partition coefficient (Wildman–Crippen LogP) is 4.40. The van der Waals surface area contributed by atoms with Crippen LogP contribution in [0.25, 0.3) is 16.7 Å². The Morgan fingerprint density at radius 3 is 2.69 bits per heavy atom. The van der Waals surface area contributed by atoms with Gasteiger partial charge in [-0.05, 0) is 55.1 Å². The quantitative estimate of drug-likeness (QED) is 0.567. The Hall–Kier alpha value is -3.11. The zero-order valence-corrected chi connectivity index (χ0v) is 16.4. The Morgan fingerprint density at radius 1 is 0.966 bits per heavy atom. The van der Waals surface area contributed by atoms with Crippen LogP contribution in [0.2, 0.25) is 0 Å². The Morgan fingerprint density at radius 2 is 1.83 bits per heavy atom. The second kappa shape index (κ2) is 7.72.